The van der Waals surface area contributed by atoms with Gasteiger partial charge >= 0.3 is 12.4 Å². The Morgan fingerprint density at radius 3 is 2.12 bits per heavy atom. The van der Waals surface area contributed by atoms with Gasteiger partial charge < -0.3 is 5.32 Å². The van der Waals surface area contributed by atoms with Gasteiger partial charge in [0.2, 0.25) is 0 Å². The van der Waals surface area contributed by atoms with Gasteiger partial charge in [0, 0.05) is 33.6 Å². The summed E-state index contributed by atoms with van der Waals surface area (Å²) in [6.07, 6.45) is -7.31. The maximum absolute atomic E-state index is 14.2. The Kier molecular flexibility index (Phi) is 7.29. The van der Waals surface area contributed by atoms with Gasteiger partial charge in [0.25, 0.3) is 0 Å². The van der Waals surface area contributed by atoms with Crippen LogP contribution in [0, 0.1) is 9.39 Å². The first kappa shape index (κ1) is 24.9. The minimum atomic E-state index is -5.00. The van der Waals surface area contributed by atoms with Gasteiger partial charge in [-0.2, -0.15) is 26.3 Å². The number of nitrogens with one attached hydrogen (secondary N) is 1. The lowest BCUT2D eigenvalue weighted by Crippen LogP contribution is -2.18. The van der Waals surface area contributed by atoms with Crippen LogP contribution in [0.3, 0.4) is 0 Å². The molecule has 0 saturated heterocycles. The summed E-state index contributed by atoms with van der Waals surface area (Å²) in [7, 11) is 0. The Morgan fingerprint density at radius 1 is 0.909 bits per heavy atom. The van der Waals surface area contributed by atoms with Crippen LogP contribution in [0.5, 0.6) is 0 Å². The molecule has 1 aromatic heterocycles. The fraction of sp³-hybridized carbons (Fsp3) is 0.182. The second kappa shape index (κ2) is 9.65. The van der Waals surface area contributed by atoms with E-state index in [0.717, 1.165) is 0 Å². The largest absolute Gasteiger partial charge is 0.416 e. The lowest BCUT2D eigenvalue weighted by Gasteiger charge is -2.15. The summed E-state index contributed by atoms with van der Waals surface area (Å²) >= 11 is 1.95. The third-order valence-electron chi connectivity index (χ3n) is 4.64. The molecule has 0 bridgehead atoms. The lowest BCUT2D eigenvalue weighted by molar-refractivity contribution is -0.143. The number of carbonyl (C=O) groups excluding carboxylic acids is 1. The second-order valence-electron chi connectivity index (χ2n) is 7.02. The van der Waals surface area contributed by atoms with Crippen molar-refractivity contribution in [2.75, 3.05) is 11.9 Å². The van der Waals surface area contributed by atoms with Gasteiger partial charge in [-0.05, 0) is 70.1 Å². The Bertz CT molecular complexity index is 1140. The van der Waals surface area contributed by atoms with E-state index in [1.54, 1.807) is 12.1 Å². The predicted molar refractivity (Wildman–Crippen MR) is 115 cm³/mol. The molecule has 0 unspecified atom stereocenters. The van der Waals surface area contributed by atoms with E-state index in [9.17, 15) is 35.5 Å². The van der Waals surface area contributed by atoms with E-state index < -0.39 is 47.3 Å². The molecule has 3 nitrogen and oxygen atoms in total. The van der Waals surface area contributed by atoms with Crippen molar-refractivity contribution in [1.29, 1.82) is 0 Å². The monoisotopic (exact) mass is 582 g/mol. The van der Waals surface area contributed by atoms with Crippen LogP contribution in [0.25, 0.3) is 0 Å². The molecule has 0 saturated carbocycles. The highest BCUT2D eigenvalue weighted by molar-refractivity contribution is 14.1. The zero-order chi connectivity index (χ0) is 24.4. The molecular weight excluding hydrogens is 568 g/mol. The number of carbonyl (C=O) groups is 1. The second-order valence-corrected chi connectivity index (χ2v) is 8.26. The average Bonchev–Trinajstić information content (AvgIpc) is 2.73. The highest BCUT2D eigenvalue weighted by atomic mass is 127. The van der Waals surface area contributed by atoms with Crippen molar-refractivity contribution in [3.63, 3.8) is 0 Å². The topological polar surface area (TPSA) is 42.0 Å². The normalized spacial score (nSPS) is 12.0. The van der Waals surface area contributed by atoms with Gasteiger partial charge in [-0.15, -0.1) is 0 Å². The smallest absolute Gasteiger partial charge is 0.378 e. The number of benzene rings is 2. The molecule has 0 fully saturated rings. The Labute approximate surface area is 197 Å². The summed E-state index contributed by atoms with van der Waals surface area (Å²) in [5.74, 6) is -1.09. The van der Waals surface area contributed by atoms with E-state index in [1.807, 2.05) is 22.6 Å². The molecule has 1 N–H and O–H groups in total. The molecule has 0 radical (unpaired) electrons. The van der Waals surface area contributed by atoms with Crippen molar-refractivity contribution in [2.24, 2.45) is 0 Å². The number of rotatable bonds is 6. The van der Waals surface area contributed by atoms with Crippen LogP contribution in [0.2, 0.25) is 0 Å². The Morgan fingerprint density at radius 2 is 1.55 bits per heavy atom. The number of hydrogen-bond acceptors (Lipinski definition) is 3. The van der Waals surface area contributed by atoms with Crippen LogP contribution in [0.15, 0.2) is 54.9 Å². The summed E-state index contributed by atoms with van der Waals surface area (Å²) in [6, 6.07) is 6.91. The van der Waals surface area contributed by atoms with Crippen molar-refractivity contribution in [1.82, 2.24) is 4.98 Å². The van der Waals surface area contributed by atoms with Crippen LogP contribution in [-0.2, 0) is 18.8 Å². The van der Waals surface area contributed by atoms with Gasteiger partial charge in [-0.3, -0.25) is 9.78 Å². The summed E-state index contributed by atoms with van der Waals surface area (Å²) < 4.78 is 93.0. The molecule has 33 heavy (non-hydrogen) atoms. The first-order chi connectivity index (χ1) is 15.3. The maximum Gasteiger partial charge on any atom is 0.416 e. The molecule has 0 aliphatic rings. The zero-order valence-corrected chi connectivity index (χ0v) is 18.6. The van der Waals surface area contributed by atoms with Crippen LogP contribution in [0.1, 0.15) is 32.6 Å². The average molecular weight is 582 g/mol. The minimum Gasteiger partial charge on any atom is -0.378 e. The standard InChI is InChI=1S/C22H14F7IN2O/c23-19-9-16(30)2-1-12(19)5-13-10-31-4-3-18(13)20(33)11-32-17-7-14(21(24,25)26)6-15(8-17)22(27,28)29/h1-4,6-10,32H,5,11H2. The molecule has 0 aliphatic carbocycles. The number of aromatic nitrogens is 1. The molecule has 0 aliphatic heterocycles. The van der Waals surface area contributed by atoms with Crippen molar-refractivity contribution in [3.8, 4) is 0 Å². The van der Waals surface area contributed by atoms with E-state index >= 15 is 0 Å². The first-order valence-corrected chi connectivity index (χ1v) is 10.4. The Balaban J connectivity index is 1.83. The SMILES string of the molecule is O=C(CNc1cc(C(F)(F)F)cc(C(F)(F)F)c1)c1ccncc1Cc1ccc(I)cc1F. The molecule has 0 amide bonds. The van der Waals surface area contributed by atoms with Gasteiger partial charge in [-0.25, -0.2) is 4.39 Å². The lowest BCUT2D eigenvalue weighted by atomic mass is 9.99. The Hall–Kier alpha value is -2.70. The molecule has 1 heterocycles. The highest BCUT2D eigenvalue weighted by Gasteiger charge is 2.37. The van der Waals surface area contributed by atoms with Crippen LogP contribution < -0.4 is 5.32 Å². The third kappa shape index (κ3) is 6.42. The quantitative estimate of drug-likeness (QED) is 0.199. The molecule has 0 spiro atoms. The van der Waals surface area contributed by atoms with Gasteiger partial charge in [-0.1, -0.05) is 6.07 Å². The predicted octanol–water partition coefficient (Wildman–Crippen LogP) is 6.75. The van der Waals surface area contributed by atoms with E-state index in [4.69, 9.17) is 0 Å². The number of ketones is 1. The number of alkyl halides is 6. The first-order valence-electron chi connectivity index (χ1n) is 9.28. The number of nitrogens with zero attached hydrogens (tertiary/aromatic N) is 1. The number of anilines is 1. The molecule has 3 rings (SSSR count). The summed E-state index contributed by atoms with van der Waals surface area (Å²) in [4.78, 5) is 16.6. The van der Waals surface area contributed by atoms with E-state index in [-0.39, 0.29) is 18.1 Å². The van der Waals surface area contributed by atoms with Gasteiger partial charge in [0.15, 0.2) is 5.78 Å². The van der Waals surface area contributed by atoms with Crippen LogP contribution in [-0.4, -0.2) is 17.3 Å². The molecule has 174 valence electrons. The van der Waals surface area contributed by atoms with E-state index in [1.165, 1.54) is 24.5 Å². The minimum absolute atomic E-state index is 0.00353. The van der Waals surface area contributed by atoms with Crippen molar-refractivity contribution in [3.05, 3.63) is 92.1 Å². The highest BCUT2D eigenvalue weighted by Crippen LogP contribution is 2.37. The van der Waals surface area contributed by atoms with E-state index in [2.05, 4.69) is 10.3 Å². The number of halogens is 8. The fourth-order valence-electron chi connectivity index (χ4n) is 3.04. The van der Waals surface area contributed by atoms with Crippen LogP contribution in [0.4, 0.5) is 36.4 Å². The van der Waals surface area contributed by atoms with Crippen LogP contribution >= 0.6 is 22.6 Å². The van der Waals surface area contributed by atoms with Gasteiger partial charge in [0.1, 0.15) is 5.82 Å². The summed E-state index contributed by atoms with van der Waals surface area (Å²) in [6.45, 7) is -0.579. The van der Waals surface area contributed by atoms with Crippen molar-refractivity contribution < 1.29 is 35.5 Å². The van der Waals surface area contributed by atoms with E-state index in [0.29, 0.717) is 26.8 Å². The maximum atomic E-state index is 14.2. The molecule has 0 atom stereocenters. The fourth-order valence-corrected chi connectivity index (χ4v) is 3.50. The van der Waals surface area contributed by atoms with Crippen molar-refractivity contribution >= 4 is 34.1 Å². The zero-order valence-electron chi connectivity index (χ0n) is 16.5. The molecule has 3 aromatic rings. The number of pyridine rings is 1. The molecule has 2 aromatic carbocycles. The number of hydrogen-bond donors (Lipinski definition) is 1. The summed E-state index contributed by atoms with van der Waals surface area (Å²) in [5.41, 5.74) is -2.71. The molecule has 11 heteroatoms. The molecular formula is C22H14F7IN2O. The number of Topliss-reactive ketones (excluding diaryl/α,β-unsaturated/α-hetero) is 1. The summed E-state index contributed by atoms with van der Waals surface area (Å²) in [5, 5.41) is 2.33. The third-order valence-corrected chi connectivity index (χ3v) is 5.31. The van der Waals surface area contributed by atoms with Crippen molar-refractivity contribution in [2.45, 2.75) is 18.8 Å². The van der Waals surface area contributed by atoms with Gasteiger partial charge in [0.05, 0.1) is 17.7 Å².